The first-order valence-corrected chi connectivity index (χ1v) is 10.6. The fourth-order valence-corrected chi connectivity index (χ4v) is 4.54. The van der Waals surface area contributed by atoms with E-state index in [0.29, 0.717) is 13.0 Å². The minimum Gasteiger partial charge on any atom is -0.406 e. The lowest BCUT2D eigenvalue weighted by molar-refractivity contribution is -0.274. The van der Waals surface area contributed by atoms with Crippen LogP contribution in [0, 0.1) is 0 Å². The Hall–Kier alpha value is -2.49. The fourth-order valence-electron chi connectivity index (χ4n) is 4.54. The number of hydrogen-bond acceptors (Lipinski definition) is 4. The molecule has 3 fully saturated rings. The van der Waals surface area contributed by atoms with Crippen LogP contribution in [-0.4, -0.2) is 49.1 Å². The predicted molar refractivity (Wildman–Crippen MR) is 106 cm³/mol. The Labute approximate surface area is 178 Å². The van der Waals surface area contributed by atoms with Crippen molar-refractivity contribution in [2.45, 2.75) is 69.1 Å². The lowest BCUT2D eigenvalue weighted by Gasteiger charge is -2.47. The predicted octanol–water partition coefficient (Wildman–Crippen LogP) is 3.48. The summed E-state index contributed by atoms with van der Waals surface area (Å²) >= 11 is 0. The smallest absolute Gasteiger partial charge is 0.406 e. The Bertz CT molecular complexity index is 828. The molecule has 7 nitrogen and oxygen atoms in total. The van der Waals surface area contributed by atoms with Gasteiger partial charge in [0, 0.05) is 24.8 Å². The topological polar surface area (TPSA) is 79.9 Å². The maximum Gasteiger partial charge on any atom is 0.573 e. The second-order valence-electron chi connectivity index (χ2n) is 8.40. The lowest BCUT2D eigenvalue weighted by Crippen LogP contribution is -2.51. The molecule has 1 aromatic carbocycles. The van der Waals surface area contributed by atoms with Gasteiger partial charge in [0.2, 0.25) is 5.91 Å². The van der Waals surface area contributed by atoms with Crippen LogP contribution in [0.1, 0.15) is 44.9 Å². The molecule has 2 aliphatic heterocycles. The molecule has 0 aromatic heterocycles. The van der Waals surface area contributed by atoms with E-state index in [4.69, 9.17) is 4.74 Å². The number of rotatable bonds is 5. The van der Waals surface area contributed by atoms with Crippen molar-refractivity contribution in [1.29, 1.82) is 0 Å². The van der Waals surface area contributed by atoms with Gasteiger partial charge in [-0.2, -0.15) is 0 Å². The minimum absolute atomic E-state index is 0.00730. The van der Waals surface area contributed by atoms with Crippen molar-refractivity contribution in [1.82, 2.24) is 10.6 Å². The molecular weight excluding hydrogens is 415 g/mol. The van der Waals surface area contributed by atoms with E-state index in [0.717, 1.165) is 38.2 Å². The van der Waals surface area contributed by atoms with Gasteiger partial charge in [-0.05, 0) is 57.1 Å². The van der Waals surface area contributed by atoms with Crippen molar-refractivity contribution in [3.63, 3.8) is 0 Å². The largest absolute Gasteiger partial charge is 0.573 e. The van der Waals surface area contributed by atoms with Crippen molar-refractivity contribution >= 4 is 17.6 Å². The molecule has 2 heterocycles. The maximum absolute atomic E-state index is 12.7. The zero-order valence-electron chi connectivity index (χ0n) is 17.0. The van der Waals surface area contributed by atoms with Crippen molar-refractivity contribution in [2.75, 3.05) is 18.0 Å². The molecule has 1 spiro atoms. The summed E-state index contributed by atoms with van der Waals surface area (Å²) in [4.78, 5) is 26.3. The molecule has 3 aliphatic rings. The van der Waals surface area contributed by atoms with Crippen LogP contribution < -0.4 is 20.3 Å². The number of anilines is 1. The summed E-state index contributed by atoms with van der Waals surface area (Å²) in [5, 5.41) is 5.45. The Balaban J connectivity index is 1.27. The van der Waals surface area contributed by atoms with Gasteiger partial charge in [-0.15, -0.1) is 13.2 Å². The first-order valence-electron chi connectivity index (χ1n) is 10.6. The highest BCUT2D eigenvalue weighted by Gasteiger charge is 2.42. The molecular formula is C21H26F3N3O4. The first kappa shape index (κ1) is 21.7. The highest BCUT2D eigenvalue weighted by Crippen LogP contribution is 2.43. The number of hydrogen-bond donors (Lipinski definition) is 2. The van der Waals surface area contributed by atoms with E-state index in [9.17, 15) is 22.8 Å². The van der Waals surface area contributed by atoms with E-state index < -0.39 is 24.2 Å². The van der Waals surface area contributed by atoms with E-state index in [2.05, 4.69) is 15.4 Å². The SMILES string of the molecule is O=C(NCC1CCCC2(CCC2)O1)NC1CCN(c2cccc(OC(F)(F)F)c2)C1=O. The number of carbonyl (C=O) groups excluding carboxylic acids is 2. The summed E-state index contributed by atoms with van der Waals surface area (Å²) in [5.74, 6) is -0.773. The Kier molecular flexibility index (Phi) is 6.00. The number of amides is 3. The molecule has 2 atom stereocenters. The summed E-state index contributed by atoms with van der Waals surface area (Å²) in [7, 11) is 0. The van der Waals surface area contributed by atoms with E-state index in [-0.39, 0.29) is 29.8 Å². The molecule has 0 bridgehead atoms. The molecule has 1 aromatic rings. The number of halogens is 3. The zero-order chi connectivity index (χ0) is 22.1. The molecule has 1 saturated carbocycles. The third-order valence-electron chi connectivity index (χ3n) is 6.20. The highest BCUT2D eigenvalue weighted by molar-refractivity contribution is 6.01. The van der Waals surface area contributed by atoms with Crippen molar-refractivity contribution in [2.24, 2.45) is 0 Å². The monoisotopic (exact) mass is 441 g/mol. The number of ether oxygens (including phenoxy) is 2. The standard InChI is InChI=1S/C21H26F3N3O4/c22-21(23,24)31-15-5-1-4-14(12-15)27-11-7-17(18(27)28)26-19(29)25-13-16-6-2-8-20(30-16)9-3-10-20/h1,4-5,12,16-17H,2-3,6-11,13H2,(H2,25,26,29). The number of nitrogens with zero attached hydrogens (tertiary/aromatic N) is 1. The van der Waals surface area contributed by atoms with E-state index in [1.54, 1.807) is 0 Å². The normalized spacial score (nSPS) is 25.3. The molecule has 10 heteroatoms. The van der Waals surface area contributed by atoms with Crippen LogP contribution in [0.5, 0.6) is 5.75 Å². The van der Waals surface area contributed by atoms with Crippen LogP contribution in [0.2, 0.25) is 0 Å². The summed E-state index contributed by atoms with van der Waals surface area (Å²) in [6.07, 6.45) is 1.94. The van der Waals surface area contributed by atoms with Crippen molar-refractivity contribution in [3.05, 3.63) is 24.3 Å². The fraction of sp³-hybridized carbons (Fsp3) is 0.619. The Morgan fingerprint density at radius 2 is 2.00 bits per heavy atom. The van der Waals surface area contributed by atoms with Gasteiger partial charge in [0.15, 0.2) is 0 Å². The van der Waals surface area contributed by atoms with Crippen LogP contribution in [0.4, 0.5) is 23.7 Å². The van der Waals surface area contributed by atoms with Gasteiger partial charge in [-0.3, -0.25) is 4.79 Å². The van der Waals surface area contributed by atoms with E-state index in [1.165, 1.54) is 29.5 Å². The summed E-state index contributed by atoms with van der Waals surface area (Å²) in [6, 6.07) is 4.05. The van der Waals surface area contributed by atoms with E-state index in [1.807, 2.05) is 0 Å². The number of benzene rings is 1. The highest BCUT2D eigenvalue weighted by atomic mass is 19.4. The van der Waals surface area contributed by atoms with Crippen molar-refractivity contribution in [3.8, 4) is 5.75 Å². The molecule has 31 heavy (non-hydrogen) atoms. The molecule has 3 amide bonds. The van der Waals surface area contributed by atoms with Gasteiger partial charge >= 0.3 is 12.4 Å². The van der Waals surface area contributed by atoms with Gasteiger partial charge in [0.1, 0.15) is 11.8 Å². The molecule has 2 N–H and O–H groups in total. The number of alkyl halides is 3. The van der Waals surface area contributed by atoms with Crippen LogP contribution in [0.15, 0.2) is 24.3 Å². The summed E-state index contributed by atoms with van der Waals surface area (Å²) in [6.45, 7) is 0.669. The lowest BCUT2D eigenvalue weighted by atomic mass is 9.74. The Morgan fingerprint density at radius 1 is 1.23 bits per heavy atom. The average molecular weight is 441 g/mol. The molecule has 170 valence electrons. The summed E-state index contributed by atoms with van der Waals surface area (Å²) in [5.41, 5.74) is 0.297. The van der Waals surface area contributed by atoms with E-state index >= 15 is 0 Å². The molecule has 2 unspecified atom stereocenters. The van der Waals surface area contributed by atoms with Crippen LogP contribution in [0.25, 0.3) is 0 Å². The van der Waals surface area contributed by atoms with Crippen LogP contribution >= 0.6 is 0 Å². The first-order chi connectivity index (χ1) is 14.7. The Morgan fingerprint density at radius 3 is 2.71 bits per heavy atom. The molecule has 4 rings (SSSR count). The van der Waals surface area contributed by atoms with Gasteiger partial charge in [-0.25, -0.2) is 4.79 Å². The summed E-state index contributed by atoms with van der Waals surface area (Å²) < 4.78 is 47.4. The van der Waals surface area contributed by atoms with Crippen LogP contribution in [-0.2, 0) is 9.53 Å². The van der Waals surface area contributed by atoms with Gasteiger partial charge in [0.05, 0.1) is 11.7 Å². The van der Waals surface area contributed by atoms with Gasteiger partial charge in [-0.1, -0.05) is 6.07 Å². The maximum atomic E-state index is 12.7. The third kappa shape index (κ3) is 5.23. The minimum atomic E-state index is -4.81. The molecule has 0 radical (unpaired) electrons. The van der Waals surface area contributed by atoms with Gasteiger partial charge < -0.3 is 25.0 Å². The van der Waals surface area contributed by atoms with Gasteiger partial charge in [0.25, 0.3) is 0 Å². The van der Waals surface area contributed by atoms with Crippen molar-refractivity contribution < 1.29 is 32.2 Å². The second-order valence-corrected chi connectivity index (χ2v) is 8.40. The molecule has 2 saturated heterocycles. The quantitative estimate of drug-likeness (QED) is 0.733. The number of urea groups is 1. The van der Waals surface area contributed by atoms with Crippen LogP contribution in [0.3, 0.4) is 0 Å². The third-order valence-corrected chi connectivity index (χ3v) is 6.20. The average Bonchev–Trinajstić information content (AvgIpc) is 3.04. The zero-order valence-corrected chi connectivity index (χ0v) is 17.0. The molecule has 1 aliphatic carbocycles. The number of carbonyl (C=O) groups is 2. The second kappa shape index (κ2) is 8.57. The number of nitrogens with one attached hydrogen (secondary N) is 2.